The summed E-state index contributed by atoms with van der Waals surface area (Å²) in [6.07, 6.45) is 5.62. The summed E-state index contributed by atoms with van der Waals surface area (Å²) in [5.41, 5.74) is 8.34. The molecule has 0 aliphatic carbocycles. The van der Waals surface area contributed by atoms with Crippen LogP contribution >= 0.6 is 0 Å². The number of ether oxygens (including phenoxy) is 1. The molecule has 390 valence electrons. The summed E-state index contributed by atoms with van der Waals surface area (Å²) in [7, 11) is 0. The van der Waals surface area contributed by atoms with Gasteiger partial charge in [0.2, 0.25) is 0 Å². The van der Waals surface area contributed by atoms with Crippen LogP contribution in [-0.2, 0) is 31.9 Å². The Morgan fingerprint density at radius 3 is 1.75 bits per heavy atom. The van der Waals surface area contributed by atoms with Crippen molar-refractivity contribution < 1.29 is 48.2 Å². The van der Waals surface area contributed by atoms with Crippen molar-refractivity contribution in [1.29, 1.82) is 0 Å². The number of nitrogens with zero attached hydrogens (tertiary/aromatic N) is 4. The quantitative estimate of drug-likeness (QED) is 0.118. The van der Waals surface area contributed by atoms with E-state index in [1.807, 2.05) is 100 Å². The molecule has 0 N–H and O–H groups in total. The van der Waals surface area contributed by atoms with Crippen molar-refractivity contribution in [3.8, 4) is 95.5 Å². The Hall–Kier alpha value is -8.89. The second-order valence-corrected chi connectivity index (χ2v) is 21.8. The van der Waals surface area contributed by atoms with Crippen LogP contribution in [0, 0.1) is 18.5 Å². The number of benzene rings is 10. The van der Waals surface area contributed by atoms with E-state index >= 15 is 0 Å². The number of pyridine rings is 1. The summed E-state index contributed by atoms with van der Waals surface area (Å²) in [6.45, 7) is 13.0. The number of hydrogen-bond donors (Lipinski definition) is 0. The predicted molar refractivity (Wildman–Crippen MR) is 324 cm³/mol. The molecular weight excluding hydrogens is 1160 g/mol. The Balaban J connectivity index is 0.00000787. The molecule has 6 heteroatoms. The maximum atomic E-state index is 10.3. The molecule has 14 rings (SSSR count). The van der Waals surface area contributed by atoms with E-state index in [1.54, 1.807) is 12.1 Å². The largest absolute Gasteiger partial charge is 0.510 e. The van der Waals surface area contributed by atoms with Crippen LogP contribution < -0.4 is 9.30 Å². The van der Waals surface area contributed by atoms with Crippen molar-refractivity contribution >= 4 is 32.8 Å². The van der Waals surface area contributed by atoms with Crippen molar-refractivity contribution in [3.63, 3.8) is 0 Å². The van der Waals surface area contributed by atoms with Gasteiger partial charge in [-0.25, -0.2) is 4.98 Å². The molecule has 0 fully saturated rings. The minimum absolute atomic E-state index is 0. The van der Waals surface area contributed by atoms with Crippen LogP contribution in [0.25, 0.3) is 117 Å². The van der Waals surface area contributed by atoms with Gasteiger partial charge in [0.15, 0.2) is 0 Å². The topological polar surface area (TPSA) is 35.9 Å². The molecule has 5 nitrogen and oxygen atoms in total. The first-order chi connectivity index (χ1) is 43.8. The van der Waals surface area contributed by atoms with E-state index in [2.05, 4.69) is 113 Å². The molecule has 0 saturated heterocycles. The average molecular weight is 1230 g/mol. The number of imidazole rings is 1. The Bertz CT molecular complexity index is 5200. The molecule has 0 spiro atoms. The van der Waals surface area contributed by atoms with Crippen LogP contribution in [0.1, 0.15) is 70.5 Å². The monoisotopic (exact) mass is 1220 g/mol. The van der Waals surface area contributed by atoms with Gasteiger partial charge in [-0.1, -0.05) is 198 Å². The van der Waals surface area contributed by atoms with Gasteiger partial charge in [0.25, 0.3) is 6.33 Å². The van der Waals surface area contributed by atoms with Crippen molar-refractivity contribution in [2.75, 3.05) is 0 Å². The molecule has 0 amide bonds. The van der Waals surface area contributed by atoms with Gasteiger partial charge in [-0.2, -0.15) is 18.2 Å². The van der Waals surface area contributed by atoms with Crippen molar-refractivity contribution in [3.05, 3.63) is 260 Å². The fourth-order valence-corrected chi connectivity index (χ4v) is 11.0. The van der Waals surface area contributed by atoms with E-state index in [9.17, 15) is 9.60 Å². The standard InChI is InChI=1S/C74H56N4O.Pt/c1-73(2,3)54-37-38-75-70(44-54)78-67-34-18-17-31-62(67)63-36-35-57(46-68(63)78)79-56-26-19-25-55(45-56)76-47-77-71-64(32-20-33-66(71)74(4,5)6)60-29-15-13-27-58(60)59-28-14-16-30-61(59)65-42-53(43-69(76)72(65)77)52-40-50(48-21-9-7-10-22-48)39-51(41-52)49-23-11-8-12-24-49;/h7-44H,1-6H3;/q-2;/i7D,8D,9D,10D,11D,12D,21D,22D,23D,24D,39D,40D,41D;. The van der Waals surface area contributed by atoms with E-state index in [-0.39, 0.29) is 37.6 Å². The first-order valence-corrected chi connectivity index (χ1v) is 26.1. The Morgan fingerprint density at radius 2 is 1.09 bits per heavy atom. The Kier molecular flexibility index (Phi) is 9.36. The van der Waals surface area contributed by atoms with E-state index in [1.165, 1.54) is 0 Å². The molecule has 0 saturated carbocycles. The van der Waals surface area contributed by atoms with Gasteiger partial charge in [0.05, 0.1) is 34.5 Å². The molecule has 1 aliphatic heterocycles. The zero-order valence-corrected chi connectivity index (χ0v) is 46.7. The summed E-state index contributed by atoms with van der Waals surface area (Å²) < 4.78 is 132. The van der Waals surface area contributed by atoms with Crippen molar-refractivity contribution in [2.24, 2.45) is 0 Å². The molecule has 1 aliphatic rings. The first-order valence-electron chi connectivity index (χ1n) is 32.6. The van der Waals surface area contributed by atoms with Gasteiger partial charge < -0.3 is 13.9 Å². The molecule has 10 aromatic carbocycles. The minimum Gasteiger partial charge on any atom is -0.510 e. The van der Waals surface area contributed by atoms with E-state index in [0.717, 1.165) is 72.3 Å². The zero-order valence-electron chi connectivity index (χ0n) is 57.4. The van der Waals surface area contributed by atoms with Crippen molar-refractivity contribution in [1.82, 2.24) is 14.1 Å². The van der Waals surface area contributed by atoms with Crippen LogP contribution in [0.3, 0.4) is 0 Å². The number of rotatable bonds is 7. The molecule has 0 radical (unpaired) electrons. The smallest absolute Gasteiger partial charge is 0.268 e. The third-order valence-electron chi connectivity index (χ3n) is 14.7. The summed E-state index contributed by atoms with van der Waals surface area (Å²) in [4.78, 5) is 4.87. The normalized spacial score (nSPS) is 14.3. The maximum absolute atomic E-state index is 10.3. The van der Waals surface area contributed by atoms with Gasteiger partial charge in [0, 0.05) is 44.3 Å². The van der Waals surface area contributed by atoms with Crippen LogP contribution in [0.15, 0.2) is 230 Å². The zero-order chi connectivity index (χ0) is 64.9. The van der Waals surface area contributed by atoms with Gasteiger partial charge in [-0.3, -0.25) is 4.57 Å². The molecule has 13 aromatic rings. The molecule has 4 heterocycles. The Morgan fingerprint density at radius 1 is 0.500 bits per heavy atom. The summed E-state index contributed by atoms with van der Waals surface area (Å²) in [5.74, 6) is 1.45. The molecule has 0 atom stereocenters. The summed E-state index contributed by atoms with van der Waals surface area (Å²) >= 11 is 0. The van der Waals surface area contributed by atoms with Gasteiger partial charge >= 0.3 is 0 Å². The fraction of sp³-hybridized carbons (Fsp3) is 0.108. The number of hydrogen-bond acceptors (Lipinski definition) is 2. The molecule has 3 aromatic heterocycles. The first kappa shape index (κ1) is 37.8. The third kappa shape index (κ3) is 8.78. The molecular formula is C74H56N4OPt-2. The van der Waals surface area contributed by atoms with Crippen molar-refractivity contribution in [2.45, 2.75) is 52.4 Å². The third-order valence-corrected chi connectivity index (χ3v) is 14.7. The predicted octanol–water partition coefficient (Wildman–Crippen LogP) is 18.5. The van der Waals surface area contributed by atoms with Gasteiger partial charge in [-0.15, -0.1) is 29.7 Å². The van der Waals surface area contributed by atoms with Crippen LogP contribution in [0.5, 0.6) is 11.5 Å². The average Bonchev–Trinajstić information content (AvgIpc) is 1.70. The van der Waals surface area contributed by atoms with E-state index < -0.39 is 106 Å². The SMILES string of the molecule is [2H]c1c([2H])c([2H])c(-c2c([2H])c(-c3cc4c5c(c3)n(-c3[c-]c(Oc6[c-]c7c(cc6)c6ccccc6n7-c6cc(C(C)(C)C)ccn6)ccc3)[c-][n+]5-c3c(cccc3C(C)(C)C)-c3ccccc3-c3ccccc3-4)c([2H])c(-c3c([2H])c([2H])c([2H])c([2H])c3[2H])c2[2H])c([2H])c1[2H].[Pt]. The maximum Gasteiger partial charge on any atom is 0.268 e. The van der Waals surface area contributed by atoms with E-state index in [4.69, 9.17) is 17.9 Å². The Labute approximate surface area is 500 Å². The summed E-state index contributed by atoms with van der Waals surface area (Å²) in [6, 6.07) is 45.4. The van der Waals surface area contributed by atoms with Crippen LogP contribution in [-0.4, -0.2) is 14.1 Å². The van der Waals surface area contributed by atoms with Crippen LogP contribution in [0.2, 0.25) is 0 Å². The minimum atomic E-state index is -0.747. The second-order valence-electron chi connectivity index (χ2n) is 21.8. The molecule has 0 bridgehead atoms. The summed E-state index contributed by atoms with van der Waals surface area (Å²) in [5, 5.41) is 1.97. The molecule has 0 unspecified atom stereocenters. The number of aromatic nitrogens is 4. The number of para-hydroxylation sites is 2. The van der Waals surface area contributed by atoms with Crippen LogP contribution in [0.4, 0.5) is 0 Å². The fourth-order valence-electron chi connectivity index (χ4n) is 11.0. The second kappa shape index (κ2) is 19.8. The van der Waals surface area contributed by atoms with Gasteiger partial charge in [0.1, 0.15) is 5.82 Å². The van der Waals surface area contributed by atoms with Gasteiger partial charge in [-0.05, 0) is 142 Å². The number of fused-ring (bicyclic) bond motifs is 10. The van der Waals surface area contributed by atoms with E-state index in [0.29, 0.717) is 33.8 Å². The molecule has 80 heavy (non-hydrogen) atoms.